The number of benzene rings is 1. The molecule has 2 atom stereocenters. The fourth-order valence-electron chi connectivity index (χ4n) is 6.08. The topological polar surface area (TPSA) is 54.2 Å². The Hall–Kier alpha value is -3.08. The number of imidazole rings is 1. The molecule has 0 saturated heterocycles. The summed E-state index contributed by atoms with van der Waals surface area (Å²) in [5.41, 5.74) is 7.57. The molecule has 2 aromatic heterocycles. The lowest BCUT2D eigenvalue weighted by Gasteiger charge is -2.30. The Morgan fingerprint density at radius 2 is 1.95 bits per heavy atom. The number of nitrogens with zero attached hydrogens (tertiary/aromatic N) is 3. The second-order valence-corrected chi connectivity index (χ2v) is 10.8. The van der Waals surface area contributed by atoms with Crippen molar-refractivity contribution in [1.29, 1.82) is 0 Å². The number of allylic oxidation sites excluding steroid dienone is 2. The van der Waals surface area contributed by atoms with Crippen molar-refractivity contribution >= 4 is 17.4 Å². The van der Waals surface area contributed by atoms with Gasteiger partial charge in [0.2, 0.25) is 0 Å². The van der Waals surface area contributed by atoms with Crippen molar-refractivity contribution in [1.82, 2.24) is 19.7 Å². The summed E-state index contributed by atoms with van der Waals surface area (Å²) in [7, 11) is 0. The Bertz CT molecular complexity index is 1250. The van der Waals surface area contributed by atoms with Crippen LogP contribution in [0.25, 0.3) is 11.6 Å². The second-order valence-electron chi connectivity index (χ2n) is 10.8. The summed E-state index contributed by atoms with van der Waals surface area (Å²) in [6, 6.07) is 7.37. The van der Waals surface area contributed by atoms with Crippen molar-refractivity contribution in [2.24, 2.45) is 0 Å². The monoisotopic (exact) mass is 497 g/mol. The van der Waals surface area contributed by atoms with E-state index in [4.69, 9.17) is 9.97 Å². The van der Waals surface area contributed by atoms with Gasteiger partial charge in [-0.15, -0.1) is 0 Å². The van der Waals surface area contributed by atoms with E-state index in [0.29, 0.717) is 12.0 Å². The van der Waals surface area contributed by atoms with E-state index in [-0.39, 0.29) is 0 Å². The SMILES string of the molecule is C=C1CCCCC/C=C/c2cnc(NCc3ccc(CC)cc3CC)c3cnc(n23)[C@@H]2CCCC(C2)N1. The zero-order chi connectivity index (χ0) is 25.6. The Kier molecular flexibility index (Phi) is 8.28. The summed E-state index contributed by atoms with van der Waals surface area (Å²) in [5.74, 6) is 2.52. The van der Waals surface area contributed by atoms with Gasteiger partial charge in [-0.2, -0.15) is 0 Å². The van der Waals surface area contributed by atoms with E-state index in [1.165, 1.54) is 66.7 Å². The molecule has 0 amide bonds. The quantitative estimate of drug-likeness (QED) is 0.382. The molecular formula is C32H43N5. The summed E-state index contributed by atoms with van der Waals surface area (Å²) >= 11 is 0. The molecule has 3 aromatic rings. The van der Waals surface area contributed by atoms with E-state index in [1.54, 1.807) is 0 Å². The predicted molar refractivity (Wildman–Crippen MR) is 155 cm³/mol. The van der Waals surface area contributed by atoms with Gasteiger partial charge in [0.15, 0.2) is 5.82 Å². The molecule has 2 N–H and O–H groups in total. The van der Waals surface area contributed by atoms with Crippen LogP contribution in [0.5, 0.6) is 0 Å². The lowest BCUT2D eigenvalue weighted by atomic mass is 9.85. The number of aromatic nitrogens is 3. The second kappa shape index (κ2) is 12.0. The molecule has 5 heteroatoms. The first-order chi connectivity index (χ1) is 18.2. The molecule has 1 aliphatic heterocycles. The van der Waals surface area contributed by atoms with Crippen molar-refractivity contribution in [3.63, 3.8) is 0 Å². The van der Waals surface area contributed by atoms with E-state index < -0.39 is 0 Å². The molecule has 1 fully saturated rings. The molecule has 196 valence electrons. The Morgan fingerprint density at radius 1 is 1.03 bits per heavy atom. The average Bonchev–Trinajstić information content (AvgIpc) is 3.37. The molecule has 3 heterocycles. The number of nitrogens with one attached hydrogen (secondary N) is 2. The molecule has 5 rings (SSSR count). The Morgan fingerprint density at radius 3 is 2.81 bits per heavy atom. The minimum atomic E-state index is 0.433. The minimum Gasteiger partial charge on any atom is -0.386 e. The van der Waals surface area contributed by atoms with Crippen molar-refractivity contribution in [3.05, 3.63) is 77.2 Å². The van der Waals surface area contributed by atoms with Crippen LogP contribution < -0.4 is 10.6 Å². The molecule has 2 aliphatic rings. The minimum absolute atomic E-state index is 0.433. The number of hydrogen-bond donors (Lipinski definition) is 2. The van der Waals surface area contributed by atoms with Crippen molar-refractivity contribution in [2.45, 2.75) is 103 Å². The number of hydrogen-bond acceptors (Lipinski definition) is 4. The van der Waals surface area contributed by atoms with Gasteiger partial charge in [-0.1, -0.05) is 57.5 Å². The number of aryl methyl sites for hydroxylation is 2. The fourth-order valence-corrected chi connectivity index (χ4v) is 6.08. The lowest BCUT2D eigenvalue weighted by molar-refractivity contribution is 0.345. The maximum atomic E-state index is 5.02. The summed E-state index contributed by atoms with van der Waals surface area (Å²) in [6.07, 6.45) is 21.3. The highest BCUT2D eigenvalue weighted by Crippen LogP contribution is 2.35. The van der Waals surface area contributed by atoms with Gasteiger partial charge in [0.25, 0.3) is 0 Å². The third-order valence-corrected chi connectivity index (χ3v) is 8.21. The van der Waals surface area contributed by atoms with Gasteiger partial charge in [0.05, 0.1) is 18.1 Å². The van der Waals surface area contributed by atoms with Crippen LogP contribution in [0.2, 0.25) is 0 Å². The van der Waals surface area contributed by atoms with Crippen LogP contribution in [0, 0.1) is 0 Å². The lowest BCUT2D eigenvalue weighted by Crippen LogP contribution is -2.33. The molecule has 1 aliphatic carbocycles. The zero-order valence-electron chi connectivity index (χ0n) is 22.7. The normalized spacial score (nSPS) is 21.6. The molecule has 1 saturated carbocycles. The molecule has 0 radical (unpaired) electrons. The summed E-state index contributed by atoms with van der Waals surface area (Å²) in [6.45, 7) is 9.55. The fraction of sp³-hybridized carbons (Fsp3) is 0.500. The molecule has 0 spiro atoms. The predicted octanol–water partition coefficient (Wildman–Crippen LogP) is 7.57. The summed E-state index contributed by atoms with van der Waals surface area (Å²) < 4.78 is 2.37. The molecule has 1 unspecified atom stereocenters. The molecular weight excluding hydrogens is 454 g/mol. The average molecular weight is 498 g/mol. The van der Waals surface area contributed by atoms with Gasteiger partial charge in [-0.05, 0) is 80.6 Å². The maximum Gasteiger partial charge on any atom is 0.152 e. The molecule has 2 bridgehead atoms. The first-order valence-corrected chi connectivity index (χ1v) is 14.5. The maximum absolute atomic E-state index is 5.02. The van der Waals surface area contributed by atoms with Gasteiger partial charge >= 0.3 is 0 Å². The third kappa shape index (κ3) is 5.92. The molecule has 37 heavy (non-hydrogen) atoms. The smallest absolute Gasteiger partial charge is 0.152 e. The molecule has 1 aromatic carbocycles. The van der Waals surface area contributed by atoms with Crippen LogP contribution in [0.3, 0.4) is 0 Å². The van der Waals surface area contributed by atoms with E-state index >= 15 is 0 Å². The van der Waals surface area contributed by atoms with Crippen LogP contribution >= 0.6 is 0 Å². The third-order valence-electron chi connectivity index (χ3n) is 8.21. The van der Waals surface area contributed by atoms with Crippen molar-refractivity contribution in [3.8, 4) is 0 Å². The van der Waals surface area contributed by atoms with Crippen LogP contribution in [0.15, 0.2) is 48.9 Å². The van der Waals surface area contributed by atoms with Gasteiger partial charge in [-0.3, -0.25) is 4.40 Å². The number of fused-ring (bicyclic) bond motifs is 3. The van der Waals surface area contributed by atoms with Crippen LogP contribution in [0.1, 0.15) is 106 Å². The van der Waals surface area contributed by atoms with Crippen LogP contribution in [0.4, 0.5) is 5.82 Å². The highest BCUT2D eigenvalue weighted by atomic mass is 15.1. The highest BCUT2D eigenvalue weighted by molar-refractivity contribution is 5.70. The van der Waals surface area contributed by atoms with Crippen molar-refractivity contribution < 1.29 is 0 Å². The van der Waals surface area contributed by atoms with Crippen LogP contribution in [-0.2, 0) is 19.4 Å². The van der Waals surface area contributed by atoms with Gasteiger partial charge in [0.1, 0.15) is 11.3 Å². The molecule has 5 nitrogen and oxygen atoms in total. The summed E-state index contributed by atoms with van der Waals surface area (Å²) in [5, 5.41) is 7.42. The zero-order valence-corrected chi connectivity index (χ0v) is 22.7. The van der Waals surface area contributed by atoms with E-state index in [9.17, 15) is 0 Å². The van der Waals surface area contributed by atoms with E-state index in [1.807, 2.05) is 12.4 Å². The summed E-state index contributed by atoms with van der Waals surface area (Å²) in [4.78, 5) is 9.91. The van der Waals surface area contributed by atoms with Crippen molar-refractivity contribution in [2.75, 3.05) is 5.32 Å². The first kappa shape index (κ1) is 25.6. The van der Waals surface area contributed by atoms with Gasteiger partial charge in [-0.25, -0.2) is 9.97 Å². The number of rotatable bonds is 5. The van der Waals surface area contributed by atoms with E-state index in [0.717, 1.165) is 55.7 Å². The first-order valence-electron chi connectivity index (χ1n) is 14.5. The standard InChI is InChI=1S/C32H43N5/c1-4-24-16-17-27(25(5-2)18-24)20-33-31-30-22-35-32-26-13-11-14-28(19-26)36-23(3)12-9-7-6-8-10-15-29(21-34-31)37(30)32/h10,15-18,21-22,26,28,36H,3-9,11-14,19-20H2,1-2H3,(H,33,34)/b15-10+/t26-,28?/m1/s1. The largest absolute Gasteiger partial charge is 0.386 e. The Labute approximate surface area is 222 Å². The van der Waals surface area contributed by atoms with Gasteiger partial charge in [0, 0.05) is 24.2 Å². The number of anilines is 1. The van der Waals surface area contributed by atoms with E-state index in [2.05, 4.69) is 65.8 Å². The highest BCUT2D eigenvalue weighted by Gasteiger charge is 2.27. The Balaban J connectivity index is 1.47. The van der Waals surface area contributed by atoms with Gasteiger partial charge < -0.3 is 10.6 Å². The van der Waals surface area contributed by atoms with Crippen LogP contribution in [-0.4, -0.2) is 20.4 Å².